The first-order chi connectivity index (χ1) is 10.8. The fourth-order valence-electron chi connectivity index (χ4n) is 3.58. The van der Waals surface area contributed by atoms with Gasteiger partial charge in [-0.2, -0.15) is 0 Å². The Hall–Kier alpha value is -2.02. The molecule has 0 atom stereocenters. The fraction of sp³-hybridized carbons (Fsp3) is 0.333. The molecule has 0 radical (unpaired) electrons. The second-order valence-electron chi connectivity index (χ2n) is 6.05. The molecule has 1 aliphatic carbocycles. The van der Waals surface area contributed by atoms with Crippen LogP contribution in [0.2, 0.25) is 0 Å². The third-order valence-corrected chi connectivity index (χ3v) is 4.92. The SMILES string of the molecule is CC.Cc1ccc(C2(c3c[nH]c4ccccc34)CCC2)cc1. The van der Waals surface area contributed by atoms with Gasteiger partial charge in [0.1, 0.15) is 0 Å². The lowest BCUT2D eigenvalue weighted by atomic mass is 9.60. The minimum atomic E-state index is 0.229. The van der Waals surface area contributed by atoms with E-state index in [1.807, 2.05) is 13.8 Å². The quantitative estimate of drug-likeness (QED) is 0.598. The van der Waals surface area contributed by atoms with Crippen molar-refractivity contribution in [2.75, 3.05) is 0 Å². The van der Waals surface area contributed by atoms with Crippen LogP contribution in [0.3, 0.4) is 0 Å². The van der Waals surface area contributed by atoms with Gasteiger partial charge in [-0.25, -0.2) is 0 Å². The highest BCUT2D eigenvalue weighted by molar-refractivity contribution is 5.85. The topological polar surface area (TPSA) is 15.8 Å². The minimum Gasteiger partial charge on any atom is -0.361 e. The minimum absolute atomic E-state index is 0.229. The Kier molecular flexibility index (Phi) is 4.06. The van der Waals surface area contributed by atoms with Crippen LogP contribution in [0.15, 0.2) is 54.7 Å². The number of aromatic nitrogens is 1. The number of para-hydroxylation sites is 1. The van der Waals surface area contributed by atoms with Gasteiger partial charge in [0.25, 0.3) is 0 Å². The van der Waals surface area contributed by atoms with E-state index in [9.17, 15) is 0 Å². The number of hydrogen-bond acceptors (Lipinski definition) is 0. The monoisotopic (exact) mass is 291 g/mol. The molecule has 3 aromatic rings. The summed E-state index contributed by atoms with van der Waals surface area (Å²) in [4.78, 5) is 3.44. The Morgan fingerprint density at radius 3 is 2.23 bits per heavy atom. The van der Waals surface area contributed by atoms with Crippen molar-refractivity contribution >= 4 is 10.9 Å². The van der Waals surface area contributed by atoms with Gasteiger partial charge in [0, 0.05) is 22.5 Å². The van der Waals surface area contributed by atoms with Crippen LogP contribution in [-0.2, 0) is 5.41 Å². The number of hydrogen-bond donors (Lipinski definition) is 1. The third kappa shape index (κ3) is 2.25. The first-order valence-corrected chi connectivity index (χ1v) is 8.43. The molecule has 2 aromatic carbocycles. The van der Waals surface area contributed by atoms with Crippen LogP contribution in [0, 0.1) is 6.92 Å². The molecule has 1 aromatic heterocycles. The normalized spacial score (nSPS) is 15.8. The van der Waals surface area contributed by atoms with Gasteiger partial charge >= 0.3 is 0 Å². The van der Waals surface area contributed by atoms with Gasteiger partial charge in [0.05, 0.1) is 0 Å². The molecule has 0 spiro atoms. The van der Waals surface area contributed by atoms with Crippen molar-refractivity contribution in [1.82, 2.24) is 4.98 Å². The van der Waals surface area contributed by atoms with Crippen molar-refractivity contribution in [3.05, 3.63) is 71.4 Å². The second-order valence-corrected chi connectivity index (χ2v) is 6.05. The Balaban J connectivity index is 0.000000693. The molecular formula is C21H25N. The molecule has 0 unspecified atom stereocenters. The maximum Gasteiger partial charge on any atom is 0.0457 e. The van der Waals surface area contributed by atoms with Crippen molar-refractivity contribution < 1.29 is 0 Å². The average molecular weight is 291 g/mol. The molecule has 22 heavy (non-hydrogen) atoms. The number of fused-ring (bicyclic) bond motifs is 1. The zero-order valence-electron chi connectivity index (χ0n) is 13.8. The maximum atomic E-state index is 3.44. The van der Waals surface area contributed by atoms with E-state index in [0.29, 0.717) is 0 Å². The smallest absolute Gasteiger partial charge is 0.0457 e. The molecule has 1 fully saturated rings. The lowest BCUT2D eigenvalue weighted by molar-refractivity contribution is 0.304. The summed E-state index contributed by atoms with van der Waals surface area (Å²) in [6.07, 6.45) is 6.08. The summed E-state index contributed by atoms with van der Waals surface area (Å²) in [6.45, 7) is 6.16. The van der Waals surface area contributed by atoms with Gasteiger partial charge < -0.3 is 4.98 Å². The van der Waals surface area contributed by atoms with Crippen LogP contribution in [0.4, 0.5) is 0 Å². The van der Waals surface area contributed by atoms with E-state index < -0.39 is 0 Å². The van der Waals surface area contributed by atoms with Crippen LogP contribution in [0.1, 0.15) is 49.8 Å². The van der Waals surface area contributed by atoms with Gasteiger partial charge in [-0.1, -0.05) is 68.3 Å². The largest absolute Gasteiger partial charge is 0.361 e. The predicted octanol–water partition coefficient (Wildman–Crippen LogP) is 5.97. The summed E-state index contributed by atoms with van der Waals surface area (Å²) < 4.78 is 0. The molecule has 1 aliphatic rings. The van der Waals surface area contributed by atoms with E-state index in [4.69, 9.17) is 0 Å². The third-order valence-electron chi connectivity index (χ3n) is 4.92. The van der Waals surface area contributed by atoms with Crippen LogP contribution in [0.25, 0.3) is 10.9 Å². The van der Waals surface area contributed by atoms with E-state index in [-0.39, 0.29) is 5.41 Å². The molecule has 1 heterocycles. The molecule has 0 bridgehead atoms. The molecule has 4 rings (SSSR count). The van der Waals surface area contributed by atoms with Crippen LogP contribution >= 0.6 is 0 Å². The summed E-state index contributed by atoms with van der Waals surface area (Å²) in [5, 5.41) is 1.38. The van der Waals surface area contributed by atoms with Crippen molar-refractivity contribution in [3.8, 4) is 0 Å². The van der Waals surface area contributed by atoms with Crippen molar-refractivity contribution in [1.29, 1.82) is 0 Å². The summed E-state index contributed by atoms with van der Waals surface area (Å²) >= 11 is 0. The highest BCUT2D eigenvalue weighted by Gasteiger charge is 2.41. The standard InChI is InChI=1S/C19H19N.C2H6/c1-14-7-9-15(10-8-14)19(11-4-12-19)17-13-20-18-6-3-2-5-16(17)18;1-2/h2-3,5-10,13,20H,4,11-12H2,1H3;1-2H3. The predicted molar refractivity (Wildman–Crippen MR) is 95.5 cm³/mol. The van der Waals surface area contributed by atoms with Crippen LogP contribution in [-0.4, -0.2) is 4.98 Å². The zero-order chi connectivity index (χ0) is 15.6. The molecule has 0 aliphatic heterocycles. The van der Waals surface area contributed by atoms with Crippen LogP contribution in [0.5, 0.6) is 0 Å². The Bertz CT molecular complexity index is 745. The zero-order valence-corrected chi connectivity index (χ0v) is 13.8. The lowest BCUT2D eigenvalue weighted by Gasteiger charge is -2.42. The molecular weight excluding hydrogens is 266 g/mol. The fourth-order valence-corrected chi connectivity index (χ4v) is 3.58. The molecule has 0 saturated heterocycles. The molecule has 1 nitrogen and oxygen atoms in total. The van der Waals surface area contributed by atoms with Crippen molar-refractivity contribution in [3.63, 3.8) is 0 Å². The number of nitrogens with one attached hydrogen (secondary N) is 1. The molecule has 114 valence electrons. The van der Waals surface area contributed by atoms with E-state index in [1.165, 1.54) is 46.9 Å². The number of rotatable bonds is 2. The second kappa shape index (κ2) is 6.00. The summed E-state index contributed by atoms with van der Waals surface area (Å²) in [5.74, 6) is 0. The van der Waals surface area contributed by atoms with Gasteiger partial charge in [-0.15, -0.1) is 0 Å². The molecule has 1 saturated carbocycles. The maximum absolute atomic E-state index is 3.44. The van der Waals surface area contributed by atoms with Gasteiger partial charge in [0.2, 0.25) is 0 Å². The number of aryl methyl sites for hydroxylation is 1. The van der Waals surface area contributed by atoms with E-state index in [2.05, 4.69) is 66.6 Å². The van der Waals surface area contributed by atoms with Crippen LogP contribution < -0.4 is 0 Å². The summed E-state index contributed by atoms with van der Waals surface area (Å²) in [5.41, 5.74) is 5.76. The van der Waals surface area contributed by atoms with E-state index in [1.54, 1.807) is 0 Å². The summed E-state index contributed by atoms with van der Waals surface area (Å²) in [6, 6.07) is 17.8. The van der Waals surface area contributed by atoms with Crippen molar-refractivity contribution in [2.24, 2.45) is 0 Å². The first-order valence-electron chi connectivity index (χ1n) is 8.43. The molecule has 0 amide bonds. The highest BCUT2D eigenvalue weighted by atomic mass is 14.7. The Morgan fingerprint density at radius 2 is 1.59 bits per heavy atom. The number of H-pyrrole nitrogens is 1. The van der Waals surface area contributed by atoms with E-state index in [0.717, 1.165) is 0 Å². The number of aromatic amines is 1. The van der Waals surface area contributed by atoms with Gasteiger partial charge in [-0.05, 0) is 37.0 Å². The van der Waals surface area contributed by atoms with Crippen molar-refractivity contribution in [2.45, 2.75) is 45.4 Å². The highest BCUT2D eigenvalue weighted by Crippen LogP contribution is 2.50. The van der Waals surface area contributed by atoms with Gasteiger partial charge in [-0.3, -0.25) is 0 Å². The first kappa shape index (κ1) is 14.9. The van der Waals surface area contributed by atoms with E-state index >= 15 is 0 Å². The number of benzene rings is 2. The average Bonchev–Trinajstić information content (AvgIpc) is 2.95. The summed E-state index contributed by atoms with van der Waals surface area (Å²) in [7, 11) is 0. The molecule has 1 heteroatoms. The van der Waals surface area contributed by atoms with Gasteiger partial charge in [0.15, 0.2) is 0 Å². The molecule has 1 N–H and O–H groups in total. The Morgan fingerprint density at radius 1 is 0.909 bits per heavy atom. The lowest BCUT2D eigenvalue weighted by Crippen LogP contribution is -2.35. The Labute approximate surface area is 133 Å².